The van der Waals surface area contributed by atoms with Gasteiger partial charge in [-0.25, -0.2) is 4.98 Å². The van der Waals surface area contributed by atoms with Gasteiger partial charge in [-0.2, -0.15) is 19.7 Å². The van der Waals surface area contributed by atoms with Crippen molar-refractivity contribution in [3.63, 3.8) is 0 Å². The highest BCUT2D eigenvalue weighted by atomic mass is 16.2. The first-order valence-corrected chi connectivity index (χ1v) is 8.18. The van der Waals surface area contributed by atoms with Gasteiger partial charge in [0.25, 0.3) is 5.78 Å². The van der Waals surface area contributed by atoms with Gasteiger partial charge in [0.05, 0.1) is 24.7 Å². The number of rotatable bonds is 3. The van der Waals surface area contributed by atoms with Crippen LogP contribution >= 0.6 is 0 Å². The molecule has 1 atom stereocenters. The van der Waals surface area contributed by atoms with Gasteiger partial charge in [-0.1, -0.05) is 0 Å². The lowest BCUT2D eigenvalue weighted by molar-refractivity contribution is -0.129. The van der Waals surface area contributed by atoms with Gasteiger partial charge in [0, 0.05) is 38.6 Å². The molecular weight excluding hydrogens is 320 g/mol. The second-order valence-corrected chi connectivity index (χ2v) is 6.52. The zero-order valence-electron chi connectivity index (χ0n) is 14.5. The lowest BCUT2D eigenvalue weighted by Gasteiger charge is -2.35. The van der Waals surface area contributed by atoms with Crippen molar-refractivity contribution < 1.29 is 4.79 Å². The van der Waals surface area contributed by atoms with Gasteiger partial charge >= 0.3 is 0 Å². The van der Waals surface area contributed by atoms with E-state index in [1.54, 1.807) is 29.7 Å². The predicted molar refractivity (Wildman–Crippen MR) is 91.1 cm³/mol. The minimum atomic E-state index is -0.0271. The minimum Gasteiger partial charge on any atom is -0.349 e. The molecule has 3 aromatic heterocycles. The second-order valence-electron chi connectivity index (χ2n) is 6.52. The number of anilines is 1. The molecule has 0 aromatic carbocycles. The normalized spacial score (nSPS) is 16.9. The molecule has 4 rings (SSSR count). The Labute approximate surface area is 144 Å². The Balaban J connectivity index is 1.72. The van der Waals surface area contributed by atoms with Crippen LogP contribution in [0.1, 0.15) is 23.9 Å². The van der Waals surface area contributed by atoms with Crippen LogP contribution in [0.3, 0.4) is 0 Å². The molecule has 0 unspecified atom stereocenters. The minimum absolute atomic E-state index is 0.0271. The quantitative estimate of drug-likeness (QED) is 0.697. The average molecular weight is 340 g/mol. The molecule has 130 valence electrons. The van der Waals surface area contributed by atoms with Crippen molar-refractivity contribution in [1.29, 1.82) is 0 Å². The number of carbonyl (C=O) groups is 1. The summed E-state index contributed by atoms with van der Waals surface area (Å²) in [6, 6.07) is 3.96. The molecule has 0 saturated carbocycles. The van der Waals surface area contributed by atoms with E-state index in [4.69, 9.17) is 0 Å². The highest BCUT2D eigenvalue weighted by Crippen LogP contribution is 2.28. The summed E-state index contributed by atoms with van der Waals surface area (Å²) in [4.78, 5) is 24.7. The van der Waals surface area contributed by atoms with Crippen LogP contribution in [0, 0.1) is 6.92 Å². The Hall–Kier alpha value is -2.97. The van der Waals surface area contributed by atoms with Crippen LogP contribution < -0.4 is 4.90 Å². The fourth-order valence-corrected chi connectivity index (χ4v) is 3.23. The van der Waals surface area contributed by atoms with E-state index < -0.39 is 0 Å². The van der Waals surface area contributed by atoms with Crippen LogP contribution in [0.5, 0.6) is 0 Å². The van der Waals surface area contributed by atoms with Crippen molar-refractivity contribution >= 4 is 17.5 Å². The molecule has 0 saturated heterocycles. The van der Waals surface area contributed by atoms with E-state index in [9.17, 15) is 4.79 Å². The van der Waals surface area contributed by atoms with Crippen LogP contribution in [0.4, 0.5) is 5.82 Å². The molecule has 0 spiro atoms. The molecule has 1 aliphatic rings. The van der Waals surface area contributed by atoms with E-state index >= 15 is 0 Å². The molecule has 4 heterocycles. The summed E-state index contributed by atoms with van der Waals surface area (Å²) in [5, 5.41) is 8.72. The molecular formula is C16H20N8O. The van der Waals surface area contributed by atoms with E-state index in [-0.39, 0.29) is 11.9 Å². The SMILES string of the molecule is Cc1cc(N2Cc3ccnn3[C@H](CC(=O)N(C)C)C2)n2ncnc2n1. The van der Waals surface area contributed by atoms with Crippen molar-refractivity contribution in [1.82, 2.24) is 34.3 Å². The van der Waals surface area contributed by atoms with Gasteiger partial charge in [-0.3, -0.25) is 9.48 Å². The fourth-order valence-electron chi connectivity index (χ4n) is 3.23. The van der Waals surface area contributed by atoms with E-state index in [1.165, 1.54) is 6.33 Å². The molecule has 0 radical (unpaired) electrons. The zero-order chi connectivity index (χ0) is 17.6. The molecule has 1 aliphatic heterocycles. The Bertz CT molecular complexity index is 927. The number of hydrogen-bond donors (Lipinski definition) is 0. The first kappa shape index (κ1) is 15.6. The van der Waals surface area contributed by atoms with Gasteiger partial charge in [-0.15, -0.1) is 0 Å². The Morgan fingerprint density at radius 1 is 1.36 bits per heavy atom. The van der Waals surface area contributed by atoms with Gasteiger partial charge in [0.15, 0.2) is 0 Å². The van der Waals surface area contributed by atoms with Crippen LogP contribution in [0.15, 0.2) is 24.7 Å². The lowest BCUT2D eigenvalue weighted by Crippen LogP contribution is -2.40. The zero-order valence-corrected chi connectivity index (χ0v) is 14.5. The van der Waals surface area contributed by atoms with Crippen molar-refractivity contribution in [3.8, 4) is 0 Å². The third-order valence-corrected chi connectivity index (χ3v) is 4.48. The monoisotopic (exact) mass is 340 g/mol. The summed E-state index contributed by atoms with van der Waals surface area (Å²) in [6.07, 6.45) is 3.70. The number of hydrogen-bond acceptors (Lipinski definition) is 6. The fraction of sp³-hybridized carbons (Fsp3) is 0.438. The topological polar surface area (TPSA) is 84.5 Å². The van der Waals surface area contributed by atoms with Gasteiger partial charge in [-0.05, 0) is 13.0 Å². The molecule has 25 heavy (non-hydrogen) atoms. The van der Waals surface area contributed by atoms with Crippen LogP contribution in [0.25, 0.3) is 5.78 Å². The summed E-state index contributed by atoms with van der Waals surface area (Å²) in [5.41, 5.74) is 1.96. The molecule has 9 nitrogen and oxygen atoms in total. The van der Waals surface area contributed by atoms with Crippen LogP contribution in [-0.2, 0) is 11.3 Å². The van der Waals surface area contributed by atoms with E-state index in [0.29, 0.717) is 25.3 Å². The maximum absolute atomic E-state index is 12.2. The maximum atomic E-state index is 12.2. The lowest BCUT2D eigenvalue weighted by atomic mass is 10.1. The van der Waals surface area contributed by atoms with Crippen molar-refractivity contribution in [2.45, 2.75) is 25.9 Å². The number of nitrogens with zero attached hydrogens (tertiary/aromatic N) is 8. The van der Waals surface area contributed by atoms with Crippen molar-refractivity contribution in [2.75, 3.05) is 25.5 Å². The third-order valence-electron chi connectivity index (χ3n) is 4.48. The summed E-state index contributed by atoms with van der Waals surface area (Å²) < 4.78 is 3.70. The van der Waals surface area contributed by atoms with Crippen LogP contribution in [-0.4, -0.2) is 60.8 Å². The highest BCUT2D eigenvalue weighted by Gasteiger charge is 2.29. The predicted octanol–water partition coefficient (Wildman–Crippen LogP) is 0.669. The molecule has 1 amide bonds. The Morgan fingerprint density at radius 2 is 2.20 bits per heavy atom. The highest BCUT2D eigenvalue weighted by molar-refractivity contribution is 5.76. The average Bonchev–Trinajstić information content (AvgIpc) is 3.22. The smallest absolute Gasteiger partial charge is 0.254 e. The van der Waals surface area contributed by atoms with Crippen LogP contribution in [0.2, 0.25) is 0 Å². The van der Waals surface area contributed by atoms with Gasteiger partial charge in [0.2, 0.25) is 5.91 Å². The Morgan fingerprint density at radius 3 is 3.00 bits per heavy atom. The molecule has 0 bridgehead atoms. The van der Waals surface area contributed by atoms with E-state index in [2.05, 4.69) is 25.1 Å². The molecule has 9 heteroatoms. The maximum Gasteiger partial charge on any atom is 0.254 e. The Kier molecular flexibility index (Phi) is 3.63. The summed E-state index contributed by atoms with van der Waals surface area (Å²) >= 11 is 0. The number of fused-ring (bicyclic) bond motifs is 2. The first-order valence-electron chi connectivity index (χ1n) is 8.18. The van der Waals surface area contributed by atoms with Gasteiger partial charge in [0.1, 0.15) is 12.1 Å². The third kappa shape index (κ3) is 2.71. The summed E-state index contributed by atoms with van der Waals surface area (Å²) in [7, 11) is 3.55. The number of aryl methyl sites for hydroxylation is 1. The number of amides is 1. The standard InChI is InChI=1S/C16H20N8O/c1-11-6-14(24-16(20-11)17-10-19-24)22-8-12-4-5-18-23(12)13(9-22)7-15(25)21(2)3/h4-6,10,13H,7-9H2,1-3H3/t13-/m1/s1. The largest absolute Gasteiger partial charge is 0.349 e. The second kappa shape index (κ2) is 5.83. The molecule has 3 aromatic rings. The molecule has 0 fully saturated rings. The summed E-state index contributed by atoms with van der Waals surface area (Å²) in [5.74, 6) is 1.59. The van der Waals surface area contributed by atoms with E-state index in [0.717, 1.165) is 17.2 Å². The van der Waals surface area contributed by atoms with Crippen molar-refractivity contribution in [2.24, 2.45) is 0 Å². The number of carbonyl (C=O) groups excluding carboxylic acids is 1. The number of aromatic nitrogens is 6. The molecule has 0 N–H and O–H groups in total. The summed E-state index contributed by atoms with van der Waals surface area (Å²) in [6.45, 7) is 3.32. The first-order chi connectivity index (χ1) is 12.0. The van der Waals surface area contributed by atoms with E-state index in [1.807, 2.05) is 23.7 Å². The van der Waals surface area contributed by atoms with Crippen molar-refractivity contribution in [3.05, 3.63) is 36.0 Å². The molecule has 0 aliphatic carbocycles. The van der Waals surface area contributed by atoms with Gasteiger partial charge < -0.3 is 9.80 Å².